The molecule has 12 heavy (non-hydrogen) atoms. The van der Waals surface area contributed by atoms with Crippen molar-refractivity contribution in [1.82, 2.24) is 0 Å². The normalized spacial score (nSPS) is 19.8. The number of rotatable bonds is 6. The molecule has 1 unspecified atom stereocenters. The van der Waals surface area contributed by atoms with Gasteiger partial charge in [0, 0.05) is 0 Å². The van der Waals surface area contributed by atoms with Crippen LogP contribution < -0.4 is 0 Å². The quantitative estimate of drug-likeness (QED) is 0.431. The first-order valence-corrected chi connectivity index (χ1v) is 6.95. The number of hydrogen-bond acceptors (Lipinski definition) is 0. The molecular formula is C11H23P. The first kappa shape index (κ1) is 10.5. The van der Waals surface area contributed by atoms with Gasteiger partial charge in [0.2, 0.25) is 0 Å². The minimum atomic E-state index is 1.15. The molecule has 0 saturated heterocycles. The molecule has 0 N–H and O–H groups in total. The molecule has 0 aliphatic heterocycles. The molecule has 0 heterocycles. The fourth-order valence-corrected chi connectivity index (χ4v) is 3.67. The van der Waals surface area contributed by atoms with Crippen molar-refractivity contribution >= 4 is 8.58 Å². The topological polar surface area (TPSA) is 0 Å². The summed E-state index contributed by atoms with van der Waals surface area (Å²) >= 11 is 0. The van der Waals surface area contributed by atoms with Crippen molar-refractivity contribution in [3.05, 3.63) is 0 Å². The summed E-state index contributed by atoms with van der Waals surface area (Å²) in [6.45, 7) is 2.29. The summed E-state index contributed by atoms with van der Waals surface area (Å²) < 4.78 is 0. The van der Waals surface area contributed by atoms with Gasteiger partial charge in [-0.15, -0.1) is 8.58 Å². The van der Waals surface area contributed by atoms with E-state index in [0.29, 0.717) is 0 Å². The largest absolute Gasteiger partial charge is 0.119 e. The van der Waals surface area contributed by atoms with Crippen molar-refractivity contribution in [3.63, 3.8) is 0 Å². The molecule has 1 fully saturated rings. The van der Waals surface area contributed by atoms with Crippen molar-refractivity contribution in [1.29, 1.82) is 0 Å². The summed E-state index contributed by atoms with van der Waals surface area (Å²) in [5.74, 6) is 0. The lowest BCUT2D eigenvalue weighted by Crippen LogP contribution is -1.92. The zero-order valence-corrected chi connectivity index (χ0v) is 9.44. The molecule has 0 aromatic heterocycles. The Kier molecular flexibility index (Phi) is 6.04. The summed E-state index contributed by atoms with van der Waals surface area (Å²) in [7, 11) is 1.30. The highest BCUT2D eigenvalue weighted by Gasteiger charge is 2.13. The first-order chi connectivity index (χ1) is 5.93. The Labute approximate surface area is 79.3 Å². The lowest BCUT2D eigenvalue weighted by atomic mass is 10.2. The second-order valence-corrected chi connectivity index (χ2v) is 5.72. The third-order valence-electron chi connectivity index (χ3n) is 2.82. The molecule has 1 saturated carbocycles. The summed E-state index contributed by atoms with van der Waals surface area (Å²) in [5, 5.41) is 0. The molecule has 1 rings (SSSR count). The zero-order valence-electron chi connectivity index (χ0n) is 8.44. The SMILES string of the molecule is CCCCCCPC1CCCC1. The Morgan fingerprint density at radius 1 is 1.08 bits per heavy atom. The molecule has 1 heteroatoms. The van der Waals surface area contributed by atoms with Gasteiger partial charge in [0.15, 0.2) is 0 Å². The monoisotopic (exact) mass is 186 g/mol. The third kappa shape index (κ3) is 4.45. The Bertz CT molecular complexity index is 95.2. The summed E-state index contributed by atoms with van der Waals surface area (Å²) in [6, 6.07) is 0. The Morgan fingerprint density at radius 3 is 2.50 bits per heavy atom. The Morgan fingerprint density at radius 2 is 1.83 bits per heavy atom. The van der Waals surface area contributed by atoms with Crippen LogP contribution in [0.15, 0.2) is 0 Å². The van der Waals surface area contributed by atoms with Gasteiger partial charge < -0.3 is 0 Å². The highest BCUT2D eigenvalue weighted by Crippen LogP contribution is 2.34. The molecule has 0 aromatic rings. The van der Waals surface area contributed by atoms with Gasteiger partial charge >= 0.3 is 0 Å². The van der Waals surface area contributed by atoms with E-state index in [0.717, 1.165) is 5.66 Å². The molecule has 0 aromatic carbocycles. The van der Waals surface area contributed by atoms with E-state index in [1.54, 1.807) is 12.8 Å². The lowest BCUT2D eigenvalue weighted by Gasteiger charge is -2.07. The van der Waals surface area contributed by atoms with Crippen LogP contribution in [-0.2, 0) is 0 Å². The molecule has 0 spiro atoms. The number of hydrogen-bond donors (Lipinski definition) is 0. The smallest absolute Gasteiger partial charge is 0.0237 e. The second kappa shape index (κ2) is 6.89. The van der Waals surface area contributed by atoms with Gasteiger partial charge in [0.25, 0.3) is 0 Å². The van der Waals surface area contributed by atoms with E-state index in [9.17, 15) is 0 Å². The van der Waals surface area contributed by atoms with Crippen LogP contribution in [0.25, 0.3) is 0 Å². The van der Waals surface area contributed by atoms with E-state index in [1.165, 1.54) is 53.3 Å². The van der Waals surface area contributed by atoms with E-state index in [1.807, 2.05) is 0 Å². The van der Waals surface area contributed by atoms with Crippen LogP contribution in [0.2, 0.25) is 0 Å². The Hall–Kier alpha value is 0.430. The molecule has 72 valence electrons. The Balaban J connectivity index is 1.81. The minimum Gasteiger partial charge on any atom is -0.119 e. The molecule has 1 aliphatic carbocycles. The maximum absolute atomic E-state index is 2.29. The fourth-order valence-electron chi connectivity index (χ4n) is 1.99. The number of unbranched alkanes of at least 4 members (excludes halogenated alkanes) is 3. The predicted octanol–water partition coefficient (Wildman–Crippen LogP) is 4.19. The van der Waals surface area contributed by atoms with Crippen molar-refractivity contribution in [2.75, 3.05) is 6.16 Å². The van der Waals surface area contributed by atoms with Crippen LogP contribution in [0.1, 0.15) is 58.3 Å². The minimum absolute atomic E-state index is 1.15. The van der Waals surface area contributed by atoms with E-state index in [4.69, 9.17) is 0 Å². The molecular weight excluding hydrogens is 163 g/mol. The van der Waals surface area contributed by atoms with E-state index in [-0.39, 0.29) is 0 Å². The van der Waals surface area contributed by atoms with Gasteiger partial charge in [-0.1, -0.05) is 39.0 Å². The molecule has 0 bridgehead atoms. The van der Waals surface area contributed by atoms with Crippen LogP contribution in [-0.4, -0.2) is 11.8 Å². The molecule has 1 atom stereocenters. The average molecular weight is 186 g/mol. The van der Waals surface area contributed by atoms with Gasteiger partial charge in [-0.05, 0) is 31.1 Å². The van der Waals surface area contributed by atoms with Crippen molar-refractivity contribution in [2.45, 2.75) is 63.9 Å². The molecule has 1 aliphatic rings. The standard InChI is InChI=1S/C11H23P/c1-2-3-4-7-10-12-11-8-5-6-9-11/h11-12H,2-10H2,1H3. The predicted molar refractivity (Wildman–Crippen MR) is 59.6 cm³/mol. The first-order valence-electron chi connectivity index (χ1n) is 5.67. The van der Waals surface area contributed by atoms with Crippen LogP contribution >= 0.6 is 8.58 Å². The maximum Gasteiger partial charge on any atom is -0.0237 e. The van der Waals surface area contributed by atoms with Crippen molar-refractivity contribution in [3.8, 4) is 0 Å². The second-order valence-electron chi connectivity index (χ2n) is 4.00. The van der Waals surface area contributed by atoms with Crippen LogP contribution in [0.5, 0.6) is 0 Å². The molecule has 0 amide bonds. The van der Waals surface area contributed by atoms with Crippen molar-refractivity contribution < 1.29 is 0 Å². The lowest BCUT2D eigenvalue weighted by molar-refractivity contribution is 0.704. The highest BCUT2D eigenvalue weighted by atomic mass is 31.1. The fraction of sp³-hybridized carbons (Fsp3) is 1.00. The maximum atomic E-state index is 2.29. The molecule has 0 radical (unpaired) electrons. The average Bonchev–Trinajstić information content (AvgIpc) is 2.57. The third-order valence-corrected chi connectivity index (χ3v) is 4.62. The van der Waals surface area contributed by atoms with Gasteiger partial charge in [-0.3, -0.25) is 0 Å². The van der Waals surface area contributed by atoms with Gasteiger partial charge in [0.1, 0.15) is 0 Å². The van der Waals surface area contributed by atoms with Gasteiger partial charge in [0.05, 0.1) is 0 Å². The zero-order chi connectivity index (χ0) is 8.65. The van der Waals surface area contributed by atoms with Gasteiger partial charge in [-0.2, -0.15) is 0 Å². The molecule has 0 nitrogen and oxygen atoms in total. The van der Waals surface area contributed by atoms with Crippen LogP contribution in [0.4, 0.5) is 0 Å². The van der Waals surface area contributed by atoms with E-state index < -0.39 is 0 Å². The van der Waals surface area contributed by atoms with E-state index >= 15 is 0 Å². The summed E-state index contributed by atoms with van der Waals surface area (Å²) in [4.78, 5) is 0. The van der Waals surface area contributed by atoms with Crippen LogP contribution in [0, 0.1) is 0 Å². The van der Waals surface area contributed by atoms with Crippen LogP contribution in [0.3, 0.4) is 0 Å². The summed E-state index contributed by atoms with van der Waals surface area (Å²) in [6.07, 6.45) is 13.5. The highest BCUT2D eigenvalue weighted by molar-refractivity contribution is 7.38. The van der Waals surface area contributed by atoms with Gasteiger partial charge in [-0.25, -0.2) is 0 Å². The summed E-state index contributed by atoms with van der Waals surface area (Å²) in [5.41, 5.74) is 1.15. The van der Waals surface area contributed by atoms with E-state index in [2.05, 4.69) is 6.92 Å². The van der Waals surface area contributed by atoms with Crippen molar-refractivity contribution in [2.24, 2.45) is 0 Å².